The summed E-state index contributed by atoms with van der Waals surface area (Å²) in [6.07, 6.45) is -0.0556. The van der Waals surface area contributed by atoms with E-state index in [4.69, 9.17) is 19.9 Å². The van der Waals surface area contributed by atoms with Gasteiger partial charge in [-0.2, -0.15) is 0 Å². The molecule has 30 heavy (non-hydrogen) atoms. The Morgan fingerprint density at radius 3 is 2.33 bits per heavy atom. The number of ether oxygens (including phenoxy) is 3. The first-order valence-corrected chi connectivity index (χ1v) is 8.70. The average Bonchev–Trinajstić information content (AvgIpc) is 2.66. The summed E-state index contributed by atoms with van der Waals surface area (Å²) in [6, 6.07) is 4.07. The third-order valence-electron chi connectivity index (χ3n) is 3.99. The Bertz CT molecular complexity index is 1040. The van der Waals surface area contributed by atoms with Gasteiger partial charge in [0.1, 0.15) is 16.9 Å². The van der Waals surface area contributed by atoms with E-state index in [1.54, 1.807) is 6.92 Å². The van der Waals surface area contributed by atoms with E-state index in [1.165, 1.54) is 25.3 Å². The minimum atomic E-state index is -1.63. The van der Waals surface area contributed by atoms with E-state index in [2.05, 4.69) is 0 Å². The quantitative estimate of drug-likeness (QED) is 0.433. The topological polar surface area (TPSA) is 178 Å². The molecular formula is C19H20N2O9. The summed E-state index contributed by atoms with van der Waals surface area (Å²) in [4.78, 5) is 49.0. The van der Waals surface area contributed by atoms with Crippen molar-refractivity contribution in [2.24, 2.45) is 0 Å². The van der Waals surface area contributed by atoms with Crippen LogP contribution in [0.25, 0.3) is 11.1 Å². The maximum absolute atomic E-state index is 12.2. The zero-order chi connectivity index (χ0) is 22.4. The van der Waals surface area contributed by atoms with Crippen LogP contribution >= 0.6 is 0 Å². The number of carboxylic acid groups (broad SMARTS) is 2. The second-order valence-corrected chi connectivity index (χ2v) is 5.87. The Labute approximate surface area is 170 Å². The van der Waals surface area contributed by atoms with Crippen LogP contribution in [0, 0.1) is 0 Å². The van der Waals surface area contributed by atoms with Gasteiger partial charge in [-0.1, -0.05) is 6.07 Å². The third kappa shape index (κ3) is 4.69. The number of pyridine rings is 1. The van der Waals surface area contributed by atoms with Gasteiger partial charge in [-0.15, -0.1) is 0 Å². The molecule has 0 bridgehead atoms. The highest BCUT2D eigenvalue weighted by molar-refractivity contribution is 6.07. The summed E-state index contributed by atoms with van der Waals surface area (Å²) in [6.45, 7) is 1.81. The lowest BCUT2D eigenvalue weighted by molar-refractivity contribution is -0.143. The van der Waals surface area contributed by atoms with Crippen LogP contribution in [0.5, 0.6) is 11.5 Å². The average molecular weight is 420 g/mol. The molecule has 0 fully saturated rings. The summed E-state index contributed by atoms with van der Waals surface area (Å²) in [5.41, 5.74) is 2.88. The highest BCUT2D eigenvalue weighted by Crippen LogP contribution is 2.36. The van der Waals surface area contributed by atoms with E-state index in [1.807, 2.05) is 4.98 Å². The largest absolute Gasteiger partial charge is 0.493 e. The van der Waals surface area contributed by atoms with Crippen LogP contribution in [0.1, 0.15) is 34.1 Å². The van der Waals surface area contributed by atoms with E-state index in [9.17, 15) is 29.4 Å². The molecule has 0 saturated carbocycles. The maximum Gasteiger partial charge on any atom is 0.342 e. The lowest BCUT2D eigenvalue weighted by atomic mass is 9.95. The SMILES string of the molecule is CCOC(=O)CCOc1cc(-c2c(C(=O)O)c(N)[nH]c(=O)c2C(=O)O)ccc1OC. The van der Waals surface area contributed by atoms with Gasteiger partial charge in [0.25, 0.3) is 5.56 Å². The number of hydrogen-bond acceptors (Lipinski definition) is 8. The molecule has 0 atom stereocenters. The predicted molar refractivity (Wildman–Crippen MR) is 104 cm³/mol. The number of H-pyrrole nitrogens is 1. The maximum atomic E-state index is 12.2. The van der Waals surface area contributed by atoms with Crippen molar-refractivity contribution in [1.29, 1.82) is 0 Å². The number of rotatable bonds is 9. The van der Waals surface area contributed by atoms with Crippen molar-refractivity contribution in [3.63, 3.8) is 0 Å². The summed E-state index contributed by atoms with van der Waals surface area (Å²) in [7, 11) is 1.36. The van der Waals surface area contributed by atoms with E-state index in [-0.39, 0.29) is 42.3 Å². The summed E-state index contributed by atoms with van der Waals surface area (Å²) in [5, 5.41) is 19.0. The molecule has 2 rings (SSSR count). The molecule has 11 heteroatoms. The molecule has 0 spiro atoms. The lowest BCUT2D eigenvalue weighted by Gasteiger charge is -2.15. The Kier molecular flexibility index (Phi) is 7.02. The Morgan fingerprint density at radius 2 is 1.77 bits per heavy atom. The number of nitrogen functional groups attached to an aromatic ring is 1. The predicted octanol–water partition coefficient (Wildman–Crippen LogP) is 1.36. The van der Waals surface area contributed by atoms with Crippen LogP contribution in [0.2, 0.25) is 0 Å². The van der Waals surface area contributed by atoms with Crippen molar-refractivity contribution in [1.82, 2.24) is 4.98 Å². The van der Waals surface area contributed by atoms with E-state index < -0.39 is 40.4 Å². The summed E-state index contributed by atoms with van der Waals surface area (Å²) in [5.74, 6) is -3.78. The van der Waals surface area contributed by atoms with Gasteiger partial charge in [0.15, 0.2) is 11.5 Å². The molecular weight excluding hydrogens is 400 g/mol. The minimum Gasteiger partial charge on any atom is -0.493 e. The van der Waals surface area contributed by atoms with E-state index >= 15 is 0 Å². The number of anilines is 1. The molecule has 2 aromatic rings. The number of aromatic amines is 1. The molecule has 0 radical (unpaired) electrons. The van der Waals surface area contributed by atoms with E-state index in [0.717, 1.165) is 0 Å². The third-order valence-corrected chi connectivity index (χ3v) is 3.99. The van der Waals surface area contributed by atoms with Crippen molar-refractivity contribution < 1.29 is 38.8 Å². The first kappa shape index (κ1) is 22.3. The highest BCUT2D eigenvalue weighted by Gasteiger charge is 2.27. The van der Waals surface area contributed by atoms with Crippen LogP contribution in [-0.4, -0.2) is 53.4 Å². The van der Waals surface area contributed by atoms with Gasteiger partial charge >= 0.3 is 17.9 Å². The Hall–Kier alpha value is -4.02. The fraction of sp³-hybridized carbons (Fsp3) is 0.263. The van der Waals surface area contributed by atoms with Crippen molar-refractivity contribution in [2.45, 2.75) is 13.3 Å². The second-order valence-electron chi connectivity index (χ2n) is 5.87. The Morgan fingerprint density at radius 1 is 1.10 bits per heavy atom. The first-order chi connectivity index (χ1) is 14.2. The molecule has 0 amide bonds. The molecule has 0 aliphatic carbocycles. The number of nitrogens with two attached hydrogens (primary N) is 1. The summed E-state index contributed by atoms with van der Waals surface area (Å²) >= 11 is 0. The van der Waals surface area contributed by atoms with Gasteiger partial charge < -0.3 is 35.1 Å². The molecule has 1 heterocycles. The molecule has 0 saturated heterocycles. The zero-order valence-electron chi connectivity index (χ0n) is 16.2. The van der Waals surface area contributed by atoms with Gasteiger partial charge in [-0.25, -0.2) is 9.59 Å². The normalized spacial score (nSPS) is 10.3. The van der Waals surface area contributed by atoms with Gasteiger partial charge in [-0.05, 0) is 24.6 Å². The fourth-order valence-corrected chi connectivity index (χ4v) is 2.76. The van der Waals surface area contributed by atoms with E-state index in [0.29, 0.717) is 0 Å². The highest BCUT2D eigenvalue weighted by atomic mass is 16.5. The fourth-order valence-electron chi connectivity index (χ4n) is 2.76. The number of esters is 1. The number of methoxy groups -OCH3 is 1. The number of aromatic nitrogens is 1. The number of carboxylic acids is 2. The Balaban J connectivity index is 2.59. The standard InChI is InChI=1S/C19H20N2O9/c1-3-29-12(22)6-7-30-11-8-9(4-5-10(11)28-2)13-14(18(24)25)16(20)21-17(23)15(13)19(26)27/h4-5,8H,3,6-7H2,1-2H3,(H,24,25)(H,26,27)(H3,20,21,23). The van der Waals surface area contributed by atoms with Crippen LogP contribution in [0.4, 0.5) is 5.82 Å². The first-order valence-electron chi connectivity index (χ1n) is 8.70. The molecule has 0 aliphatic rings. The van der Waals surface area contributed by atoms with Gasteiger partial charge in [-0.3, -0.25) is 9.59 Å². The number of carbonyl (C=O) groups excluding carboxylic acids is 1. The number of benzene rings is 1. The second kappa shape index (κ2) is 9.45. The molecule has 1 aromatic heterocycles. The van der Waals surface area contributed by atoms with Crippen molar-refractivity contribution in [2.75, 3.05) is 26.1 Å². The minimum absolute atomic E-state index is 0.0505. The van der Waals surface area contributed by atoms with Crippen LogP contribution in [0.15, 0.2) is 23.0 Å². The smallest absolute Gasteiger partial charge is 0.342 e. The molecule has 160 valence electrons. The van der Waals surface area contributed by atoms with Crippen molar-refractivity contribution >= 4 is 23.7 Å². The summed E-state index contributed by atoms with van der Waals surface area (Å²) < 4.78 is 15.5. The number of aromatic carboxylic acids is 2. The number of hydrogen-bond donors (Lipinski definition) is 4. The van der Waals surface area contributed by atoms with Crippen molar-refractivity contribution in [3.8, 4) is 22.6 Å². The van der Waals surface area contributed by atoms with Gasteiger partial charge in [0.05, 0.1) is 26.7 Å². The van der Waals surface area contributed by atoms with Crippen molar-refractivity contribution in [3.05, 3.63) is 39.7 Å². The van der Waals surface area contributed by atoms with Crippen LogP contribution in [0.3, 0.4) is 0 Å². The van der Waals surface area contributed by atoms with Crippen LogP contribution in [-0.2, 0) is 9.53 Å². The van der Waals surface area contributed by atoms with Crippen LogP contribution < -0.4 is 20.8 Å². The monoisotopic (exact) mass is 420 g/mol. The molecule has 11 nitrogen and oxygen atoms in total. The van der Waals surface area contributed by atoms with Gasteiger partial charge in [0, 0.05) is 5.56 Å². The molecule has 0 unspecified atom stereocenters. The zero-order valence-corrected chi connectivity index (χ0v) is 16.2. The number of nitrogens with one attached hydrogen (secondary N) is 1. The van der Waals surface area contributed by atoms with Gasteiger partial charge in [0.2, 0.25) is 0 Å². The number of carbonyl (C=O) groups is 3. The lowest BCUT2D eigenvalue weighted by Crippen LogP contribution is -2.24. The molecule has 5 N–H and O–H groups in total. The molecule has 1 aromatic carbocycles. The molecule has 0 aliphatic heterocycles.